The van der Waals surface area contributed by atoms with E-state index in [1.165, 1.54) is 199 Å². The number of aliphatic hydroxyl groups is 2. The number of nitrogens with one attached hydrogen (secondary N) is 1. The van der Waals surface area contributed by atoms with E-state index in [0.717, 1.165) is 38.5 Å². The van der Waals surface area contributed by atoms with E-state index in [1.807, 2.05) is 6.08 Å². The summed E-state index contributed by atoms with van der Waals surface area (Å²) in [6.45, 7) is 4.29. The summed E-state index contributed by atoms with van der Waals surface area (Å²) < 4.78 is 0. The standard InChI is InChI=1S/C52H97NO3/c1-3-5-7-9-11-13-15-17-19-21-23-24-25-26-27-28-30-31-33-35-37-39-41-43-45-47-51(55)50(49-54)53-52(56)48-46-44-42-40-38-36-34-32-29-22-20-18-16-14-12-10-8-6-4-2/h12,14,18,20,37,39,45,47,50-51,54-55H,3-11,13,15-17,19,21-36,38,40-44,46,48-49H2,1-2H3,(H,53,56)/b14-12-,20-18-,39-37+,47-45+. The van der Waals surface area contributed by atoms with Crippen molar-refractivity contribution in [3.05, 3.63) is 48.6 Å². The maximum Gasteiger partial charge on any atom is 0.220 e. The first kappa shape index (κ1) is 54.3. The first-order chi connectivity index (χ1) is 27.7. The summed E-state index contributed by atoms with van der Waals surface area (Å²) in [5.41, 5.74) is 0. The van der Waals surface area contributed by atoms with Crippen LogP contribution in [-0.4, -0.2) is 34.9 Å². The fourth-order valence-corrected chi connectivity index (χ4v) is 7.46. The highest BCUT2D eigenvalue weighted by Gasteiger charge is 2.17. The third kappa shape index (κ3) is 43.5. The van der Waals surface area contributed by atoms with E-state index >= 15 is 0 Å². The average Bonchev–Trinajstić information content (AvgIpc) is 3.20. The predicted octanol–water partition coefficient (Wildman–Crippen LogP) is 15.9. The lowest BCUT2D eigenvalue weighted by Gasteiger charge is -2.19. The highest BCUT2D eigenvalue weighted by molar-refractivity contribution is 5.76. The summed E-state index contributed by atoms with van der Waals surface area (Å²) in [7, 11) is 0. The summed E-state index contributed by atoms with van der Waals surface area (Å²) in [6.07, 6.45) is 65.3. The van der Waals surface area contributed by atoms with Gasteiger partial charge in [-0.05, 0) is 64.2 Å². The summed E-state index contributed by atoms with van der Waals surface area (Å²) in [4.78, 5) is 12.4. The van der Waals surface area contributed by atoms with Crippen LogP contribution in [0.4, 0.5) is 0 Å². The van der Waals surface area contributed by atoms with Crippen LogP contribution in [0.3, 0.4) is 0 Å². The SMILES string of the molecule is CCCCC/C=C\C/C=C\CCCCCCCCCCCC(=O)NC(CO)C(O)/C=C/CC/C=C/CCCCCCCCCCCCCCCCCCCCC. The van der Waals surface area contributed by atoms with Crippen molar-refractivity contribution in [2.24, 2.45) is 0 Å². The first-order valence-electron chi connectivity index (χ1n) is 24.9. The Bertz CT molecular complexity index is 893. The van der Waals surface area contributed by atoms with E-state index in [-0.39, 0.29) is 12.5 Å². The lowest BCUT2D eigenvalue weighted by atomic mass is 10.0. The Hall–Kier alpha value is -1.65. The summed E-state index contributed by atoms with van der Waals surface area (Å²) in [6, 6.07) is -0.642. The second kappa shape index (κ2) is 47.7. The molecule has 56 heavy (non-hydrogen) atoms. The summed E-state index contributed by atoms with van der Waals surface area (Å²) >= 11 is 0. The molecule has 1 amide bonds. The van der Waals surface area contributed by atoms with Crippen LogP contribution in [0, 0.1) is 0 Å². The smallest absolute Gasteiger partial charge is 0.220 e. The normalized spacial score (nSPS) is 13.3. The van der Waals surface area contributed by atoms with Crippen LogP contribution < -0.4 is 5.32 Å². The molecule has 3 N–H and O–H groups in total. The van der Waals surface area contributed by atoms with Crippen LogP contribution in [0.15, 0.2) is 48.6 Å². The van der Waals surface area contributed by atoms with Gasteiger partial charge in [-0.25, -0.2) is 0 Å². The number of rotatable bonds is 45. The molecule has 0 aliphatic rings. The average molecular weight is 784 g/mol. The van der Waals surface area contributed by atoms with Crippen molar-refractivity contribution in [2.75, 3.05) is 6.61 Å². The zero-order valence-electron chi connectivity index (χ0n) is 37.7. The molecule has 0 bridgehead atoms. The molecule has 0 saturated heterocycles. The monoisotopic (exact) mass is 784 g/mol. The molecule has 0 radical (unpaired) electrons. The van der Waals surface area contributed by atoms with Crippen molar-refractivity contribution in [3.63, 3.8) is 0 Å². The van der Waals surface area contributed by atoms with E-state index in [2.05, 4.69) is 55.6 Å². The van der Waals surface area contributed by atoms with Crippen LogP contribution in [-0.2, 0) is 4.79 Å². The highest BCUT2D eigenvalue weighted by Crippen LogP contribution is 2.16. The van der Waals surface area contributed by atoms with Crippen molar-refractivity contribution < 1.29 is 15.0 Å². The van der Waals surface area contributed by atoms with E-state index in [4.69, 9.17) is 0 Å². The number of hydrogen-bond acceptors (Lipinski definition) is 3. The zero-order valence-corrected chi connectivity index (χ0v) is 37.7. The molecule has 2 atom stereocenters. The van der Waals surface area contributed by atoms with Gasteiger partial charge in [0, 0.05) is 6.42 Å². The Morgan fingerprint density at radius 2 is 0.750 bits per heavy atom. The van der Waals surface area contributed by atoms with Crippen molar-refractivity contribution in [1.82, 2.24) is 5.32 Å². The molecule has 0 rings (SSSR count). The van der Waals surface area contributed by atoms with E-state index in [1.54, 1.807) is 6.08 Å². The van der Waals surface area contributed by atoms with Gasteiger partial charge in [-0.2, -0.15) is 0 Å². The number of unbranched alkanes of at least 4 members (excludes halogenated alkanes) is 32. The van der Waals surface area contributed by atoms with Crippen LogP contribution >= 0.6 is 0 Å². The van der Waals surface area contributed by atoms with Crippen molar-refractivity contribution in [1.29, 1.82) is 0 Å². The molecule has 0 aromatic carbocycles. The van der Waals surface area contributed by atoms with Gasteiger partial charge in [0.15, 0.2) is 0 Å². The molecule has 4 heteroatoms. The Morgan fingerprint density at radius 3 is 1.18 bits per heavy atom. The minimum Gasteiger partial charge on any atom is -0.394 e. The molecule has 0 saturated carbocycles. The minimum atomic E-state index is -0.865. The van der Waals surface area contributed by atoms with Gasteiger partial charge in [-0.3, -0.25) is 4.79 Å². The summed E-state index contributed by atoms with van der Waals surface area (Å²) in [5, 5.41) is 23.1. The largest absolute Gasteiger partial charge is 0.394 e. The lowest BCUT2D eigenvalue weighted by Crippen LogP contribution is -2.45. The zero-order chi connectivity index (χ0) is 40.7. The summed E-state index contributed by atoms with van der Waals surface area (Å²) in [5.74, 6) is -0.0775. The second-order valence-electron chi connectivity index (χ2n) is 16.9. The van der Waals surface area contributed by atoms with Crippen molar-refractivity contribution in [3.8, 4) is 0 Å². The Kier molecular flexibility index (Phi) is 46.3. The van der Waals surface area contributed by atoms with Gasteiger partial charge in [0.2, 0.25) is 5.91 Å². The fraction of sp³-hybridized carbons (Fsp3) is 0.827. The maximum absolute atomic E-state index is 12.4. The second-order valence-corrected chi connectivity index (χ2v) is 16.9. The number of allylic oxidation sites excluding steroid dienone is 7. The molecule has 0 aliphatic heterocycles. The highest BCUT2D eigenvalue weighted by atomic mass is 16.3. The Morgan fingerprint density at radius 1 is 0.429 bits per heavy atom. The van der Waals surface area contributed by atoms with Crippen molar-refractivity contribution >= 4 is 5.91 Å². The van der Waals surface area contributed by atoms with Crippen LogP contribution in [0.5, 0.6) is 0 Å². The topological polar surface area (TPSA) is 69.6 Å². The van der Waals surface area contributed by atoms with Gasteiger partial charge in [0.05, 0.1) is 18.8 Å². The van der Waals surface area contributed by atoms with Gasteiger partial charge in [-0.1, -0.05) is 236 Å². The molecule has 0 spiro atoms. The molecule has 2 unspecified atom stereocenters. The van der Waals surface area contributed by atoms with Gasteiger partial charge < -0.3 is 15.5 Å². The third-order valence-electron chi connectivity index (χ3n) is 11.3. The molecular weight excluding hydrogens is 687 g/mol. The van der Waals surface area contributed by atoms with Crippen LogP contribution in [0.1, 0.15) is 258 Å². The van der Waals surface area contributed by atoms with Crippen LogP contribution in [0.2, 0.25) is 0 Å². The van der Waals surface area contributed by atoms with Gasteiger partial charge in [0.25, 0.3) is 0 Å². The number of carbonyl (C=O) groups excluding carboxylic acids is 1. The number of carbonyl (C=O) groups is 1. The van der Waals surface area contributed by atoms with Gasteiger partial charge in [-0.15, -0.1) is 0 Å². The quantitative estimate of drug-likeness (QED) is 0.0425. The van der Waals surface area contributed by atoms with E-state index in [0.29, 0.717) is 6.42 Å². The fourth-order valence-electron chi connectivity index (χ4n) is 7.46. The first-order valence-corrected chi connectivity index (χ1v) is 24.9. The minimum absolute atomic E-state index is 0.0775. The van der Waals surface area contributed by atoms with Gasteiger partial charge in [0.1, 0.15) is 0 Å². The lowest BCUT2D eigenvalue weighted by molar-refractivity contribution is -0.123. The number of amides is 1. The third-order valence-corrected chi connectivity index (χ3v) is 11.3. The molecule has 0 heterocycles. The molecule has 328 valence electrons. The van der Waals surface area contributed by atoms with E-state index in [9.17, 15) is 15.0 Å². The molecular formula is C52H97NO3. The predicted molar refractivity (Wildman–Crippen MR) is 248 cm³/mol. The number of hydrogen-bond donors (Lipinski definition) is 3. The molecule has 4 nitrogen and oxygen atoms in total. The van der Waals surface area contributed by atoms with E-state index < -0.39 is 12.1 Å². The maximum atomic E-state index is 12.4. The molecule has 0 aromatic heterocycles. The molecule has 0 aromatic rings. The Labute approximate surface area is 350 Å². The Balaban J connectivity index is 3.57. The molecule has 0 fully saturated rings. The van der Waals surface area contributed by atoms with Gasteiger partial charge >= 0.3 is 0 Å². The van der Waals surface area contributed by atoms with Crippen LogP contribution in [0.25, 0.3) is 0 Å². The van der Waals surface area contributed by atoms with Crippen molar-refractivity contribution in [2.45, 2.75) is 270 Å². The number of aliphatic hydroxyl groups excluding tert-OH is 2. The molecule has 0 aliphatic carbocycles.